The van der Waals surface area contributed by atoms with Crippen LogP contribution in [0.25, 0.3) is 10.9 Å². The highest BCUT2D eigenvalue weighted by Gasteiger charge is 2.54. The van der Waals surface area contributed by atoms with Crippen molar-refractivity contribution in [2.75, 3.05) is 6.61 Å². The Labute approximate surface area is 144 Å². The molecule has 1 aromatic carbocycles. The summed E-state index contributed by atoms with van der Waals surface area (Å²) >= 11 is 9.33. The number of aromatic nitrogens is 1. The average Bonchev–Trinajstić information content (AvgIpc) is 2.85. The lowest BCUT2D eigenvalue weighted by Crippen LogP contribution is -2.64. The van der Waals surface area contributed by atoms with E-state index in [1.807, 2.05) is 12.1 Å². The first-order valence-electron chi connectivity index (χ1n) is 6.84. The van der Waals surface area contributed by atoms with E-state index >= 15 is 0 Å². The highest BCUT2D eigenvalue weighted by atomic mass is 79.9. The maximum absolute atomic E-state index is 10.2. The van der Waals surface area contributed by atoms with E-state index in [-0.39, 0.29) is 10.9 Å². The molecule has 0 unspecified atom stereocenters. The molecule has 9 heteroatoms. The van der Waals surface area contributed by atoms with E-state index in [1.54, 1.807) is 12.1 Å². The molecule has 1 aliphatic rings. The molecule has 0 radical (unpaired) electrons. The highest BCUT2D eigenvalue weighted by molar-refractivity contribution is 9.10. The second-order valence-electron chi connectivity index (χ2n) is 5.26. The summed E-state index contributed by atoms with van der Waals surface area (Å²) in [6.45, 7) is -0.567. The standard InChI is InChI=1S/C14H15BrClNO6/c15-14(12(21)11(20)10(19)8(5-18)22-14)23-13-9(16)6-3-1-2-4-7(6)17-13/h1-4,8,10-12,17-21H,5H2/t8-,10+,11+,12-,14-/m1/s1. The smallest absolute Gasteiger partial charge is 0.299 e. The maximum Gasteiger partial charge on any atom is 0.299 e. The van der Waals surface area contributed by atoms with Gasteiger partial charge < -0.3 is 34.9 Å². The Kier molecular flexibility index (Phi) is 4.58. The van der Waals surface area contributed by atoms with E-state index in [9.17, 15) is 20.4 Å². The summed E-state index contributed by atoms with van der Waals surface area (Å²) in [5, 5.41) is 40.1. The van der Waals surface area contributed by atoms with E-state index in [1.165, 1.54) is 0 Å². The third kappa shape index (κ3) is 2.85. The second-order valence-corrected chi connectivity index (χ2v) is 6.75. The fraction of sp³-hybridized carbons (Fsp3) is 0.429. The number of rotatable bonds is 3. The van der Waals surface area contributed by atoms with Gasteiger partial charge in [-0.05, 0) is 22.0 Å². The molecule has 0 bridgehead atoms. The van der Waals surface area contributed by atoms with Crippen molar-refractivity contribution in [1.29, 1.82) is 0 Å². The first kappa shape index (κ1) is 17.0. The third-order valence-corrected chi connectivity index (χ3v) is 4.95. The first-order chi connectivity index (χ1) is 10.9. The van der Waals surface area contributed by atoms with Crippen molar-refractivity contribution in [3.63, 3.8) is 0 Å². The molecule has 7 nitrogen and oxygen atoms in total. The number of aromatic amines is 1. The normalized spacial score (nSPS) is 34.7. The third-order valence-electron chi connectivity index (χ3n) is 3.75. The van der Waals surface area contributed by atoms with Crippen LogP contribution in [0.2, 0.25) is 5.02 Å². The number of hydrogen-bond donors (Lipinski definition) is 5. The number of alkyl halides is 1. The van der Waals surface area contributed by atoms with Gasteiger partial charge in [0.1, 0.15) is 23.3 Å². The SMILES string of the molecule is OC[C@H]1O[C@@](Br)(Oc2[nH]c3ccccc3c2Cl)[C@H](O)[C@@H](O)[C@H]1O. The Morgan fingerprint density at radius 1 is 1.26 bits per heavy atom. The van der Waals surface area contributed by atoms with Crippen LogP contribution in [0, 0.1) is 0 Å². The van der Waals surface area contributed by atoms with Gasteiger partial charge in [-0.15, -0.1) is 0 Å². The minimum Gasteiger partial charge on any atom is -0.433 e. The van der Waals surface area contributed by atoms with Crippen molar-refractivity contribution in [2.45, 2.75) is 29.1 Å². The Bertz CT molecular complexity index is 710. The van der Waals surface area contributed by atoms with Gasteiger partial charge in [-0.3, -0.25) is 0 Å². The van der Waals surface area contributed by atoms with Crippen molar-refractivity contribution in [1.82, 2.24) is 4.98 Å². The first-order valence-corrected chi connectivity index (χ1v) is 8.01. The van der Waals surface area contributed by atoms with E-state index < -0.39 is 35.7 Å². The van der Waals surface area contributed by atoms with E-state index in [2.05, 4.69) is 20.9 Å². The van der Waals surface area contributed by atoms with Crippen LogP contribution in [0.5, 0.6) is 5.88 Å². The van der Waals surface area contributed by atoms with Crippen LogP contribution in [-0.2, 0) is 4.74 Å². The molecule has 5 N–H and O–H groups in total. The predicted molar refractivity (Wildman–Crippen MR) is 85.6 cm³/mol. The number of aliphatic hydroxyl groups excluding tert-OH is 4. The summed E-state index contributed by atoms with van der Waals surface area (Å²) in [6.07, 6.45) is -5.80. The lowest BCUT2D eigenvalue weighted by molar-refractivity contribution is -0.292. The number of benzene rings is 1. The molecule has 23 heavy (non-hydrogen) atoms. The fourth-order valence-electron chi connectivity index (χ4n) is 2.48. The summed E-state index contributed by atoms with van der Waals surface area (Å²) in [5.74, 6) is 0.115. The zero-order valence-electron chi connectivity index (χ0n) is 11.7. The van der Waals surface area contributed by atoms with Gasteiger partial charge in [-0.25, -0.2) is 0 Å². The number of H-pyrrole nitrogens is 1. The van der Waals surface area contributed by atoms with Gasteiger partial charge in [0.05, 0.1) is 6.61 Å². The fourth-order valence-corrected chi connectivity index (χ4v) is 3.40. The van der Waals surface area contributed by atoms with Gasteiger partial charge in [0.15, 0.2) is 6.10 Å². The molecule has 0 aliphatic carbocycles. The van der Waals surface area contributed by atoms with E-state index in [4.69, 9.17) is 21.1 Å². The molecule has 1 aromatic heterocycles. The molecule has 1 aliphatic heterocycles. The number of nitrogens with one attached hydrogen (secondary N) is 1. The number of hydrogen-bond acceptors (Lipinski definition) is 6. The van der Waals surface area contributed by atoms with Gasteiger partial charge in [0.25, 0.3) is 4.70 Å². The van der Waals surface area contributed by atoms with Gasteiger partial charge in [0, 0.05) is 10.9 Å². The van der Waals surface area contributed by atoms with Crippen LogP contribution in [0.1, 0.15) is 0 Å². The Morgan fingerprint density at radius 2 is 1.96 bits per heavy atom. The van der Waals surface area contributed by atoms with Crippen LogP contribution >= 0.6 is 27.5 Å². The Morgan fingerprint density at radius 3 is 2.61 bits per heavy atom. The summed E-state index contributed by atoms with van der Waals surface area (Å²) in [4.78, 5) is 2.93. The van der Waals surface area contributed by atoms with Crippen LogP contribution < -0.4 is 4.74 Å². The van der Waals surface area contributed by atoms with Crippen molar-refractivity contribution < 1.29 is 29.9 Å². The van der Waals surface area contributed by atoms with E-state index in [0.717, 1.165) is 0 Å². The molecule has 2 heterocycles. The van der Waals surface area contributed by atoms with Crippen LogP contribution in [-0.4, -0.2) is 61.1 Å². The number of para-hydroxylation sites is 1. The highest BCUT2D eigenvalue weighted by Crippen LogP contribution is 2.41. The number of aliphatic hydroxyl groups is 4. The minimum atomic E-state index is -1.89. The molecule has 126 valence electrons. The topological polar surface area (TPSA) is 115 Å². The Hall–Kier alpha value is -0.870. The average molecular weight is 409 g/mol. The lowest BCUT2D eigenvalue weighted by atomic mass is 9.99. The summed E-state index contributed by atoms with van der Waals surface area (Å²) < 4.78 is 9.09. The monoisotopic (exact) mass is 407 g/mol. The zero-order chi connectivity index (χ0) is 16.8. The molecule has 0 saturated carbocycles. The minimum absolute atomic E-state index is 0.115. The van der Waals surface area contributed by atoms with Gasteiger partial charge in [-0.2, -0.15) is 0 Å². The molecular formula is C14H15BrClNO6. The molecule has 0 spiro atoms. The molecule has 3 rings (SSSR count). The van der Waals surface area contributed by atoms with Crippen molar-refractivity contribution >= 4 is 38.4 Å². The molecular weight excluding hydrogens is 394 g/mol. The molecule has 1 saturated heterocycles. The van der Waals surface area contributed by atoms with Gasteiger partial charge in [-0.1, -0.05) is 29.8 Å². The van der Waals surface area contributed by atoms with Crippen LogP contribution in [0.4, 0.5) is 0 Å². The van der Waals surface area contributed by atoms with Crippen molar-refractivity contribution in [3.8, 4) is 5.88 Å². The van der Waals surface area contributed by atoms with Crippen molar-refractivity contribution in [2.24, 2.45) is 0 Å². The molecule has 1 fully saturated rings. The summed E-state index contributed by atoms with van der Waals surface area (Å²) in [7, 11) is 0. The second kappa shape index (κ2) is 6.21. The number of halogens is 2. The van der Waals surface area contributed by atoms with Crippen molar-refractivity contribution in [3.05, 3.63) is 29.3 Å². The largest absolute Gasteiger partial charge is 0.433 e. The quantitative estimate of drug-likeness (QED) is 0.478. The molecule has 5 atom stereocenters. The van der Waals surface area contributed by atoms with Crippen LogP contribution in [0.15, 0.2) is 24.3 Å². The molecule has 2 aromatic rings. The molecule has 0 amide bonds. The Balaban J connectivity index is 1.94. The predicted octanol–water partition coefficient (Wildman–Crippen LogP) is 0.723. The zero-order valence-corrected chi connectivity index (χ0v) is 14.0. The van der Waals surface area contributed by atoms with Gasteiger partial charge in [0.2, 0.25) is 5.88 Å². The summed E-state index contributed by atoms with van der Waals surface area (Å²) in [5.41, 5.74) is 0.716. The van der Waals surface area contributed by atoms with E-state index in [0.29, 0.717) is 10.9 Å². The summed E-state index contributed by atoms with van der Waals surface area (Å²) in [6, 6.07) is 7.21. The lowest BCUT2D eigenvalue weighted by Gasteiger charge is -2.44. The van der Waals surface area contributed by atoms with Gasteiger partial charge >= 0.3 is 0 Å². The van der Waals surface area contributed by atoms with Crippen LogP contribution in [0.3, 0.4) is 0 Å². The number of fused-ring (bicyclic) bond motifs is 1. The maximum atomic E-state index is 10.2. The number of ether oxygens (including phenoxy) is 2.